The van der Waals surface area contributed by atoms with Crippen LogP contribution < -0.4 is 10.5 Å². The zero-order valence-corrected chi connectivity index (χ0v) is 12.1. The molecule has 0 spiro atoms. The Kier molecular flexibility index (Phi) is 3.65. The highest BCUT2D eigenvalue weighted by molar-refractivity contribution is 5.99. The van der Waals surface area contributed by atoms with Crippen molar-refractivity contribution in [1.29, 1.82) is 0 Å². The third-order valence-corrected chi connectivity index (χ3v) is 4.01. The molecular formula is C18H19NO2. The van der Waals surface area contributed by atoms with Gasteiger partial charge in [0.15, 0.2) is 5.78 Å². The number of carbonyl (C=O) groups excluding carboxylic acids is 1. The molecule has 0 amide bonds. The van der Waals surface area contributed by atoms with Gasteiger partial charge in [-0.1, -0.05) is 31.2 Å². The van der Waals surface area contributed by atoms with Gasteiger partial charge < -0.3 is 10.5 Å². The van der Waals surface area contributed by atoms with Crippen molar-refractivity contribution < 1.29 is 9.53 Å². The summed E-state index contributed by atoms with van der Waals surface area (Å²) >= 11 is 0. The summed E-state index contributed by atoms with van der Waals surface area (Å²) in [4.78, 5) is 12.6. The van der Waals surface area contributed by atoms with Crippen molar-refractivity contribution in [2.24, 2.45) is 0 Å². The van der Waals surface area contributed by atoms with E-state index >= 15 is 0 Å². The monoisotopic (exact) mass is 281 g/mol. The summed E-state index contributed by atoms with van der Waals surface area (Å²) in [6.07, 6.45) is 1.37. The minimum atomic E-state index is 0.137. The highest BCUT2D eigenvalue weighted by atomic mass is 16.5. The van der Waals surface area contributed by atoms with E-state index in [1.54, 1.807) is 0 Å². The highest BCUT2D eigenvalue weighted by Crippen LogP contribution is 2.32. The number of nitrogen functional groups attached to an aromatic ring is 1. The Balaban J connectivity index is 1.77. The van der Waals surface area contributed by atoms with Crippen molar-refractivity contribution in [3.63, 3.8) is 0 Å². The Labute approximate surface area is 124 Å². The zero-order chi connectivity index (χ0) is 14.8. The lowest BCUT2D eigenvalue weighted by molar-refractivity contribution is 0.0972. The van der Waals surface area contributed by atoms with Crippen LogP contribution in [0.5, 0.6) is 5.75 Å². The van der Waals surface area contributed by atoms with Gasteiger partial charge in [-0.3, -0.25) is 4.79 Å². The van der Waals surface area contributed by atoms with Crippen LogP contribution in [0.2, 0.25) is 0 Å². The van der Waals surface area contributed by atoms with Gasteiger partial charge in [0.25, 0.3) is 0 Å². The second-order valence-electron chi connectivity index (χ2n) is 5.59. The molecule has 2 aromatic carbocycles. The fraction of sp³-hybridized carbons (Fsp3) is 0.278. The first-order chi connectivity index (χ1) is 10.1. The van der Waals surface area contributed by atoms with Gasteiger partial charge >= 0.3 is 0 Å². The summed E-state index contributed by atoms with van der Waals surface area (Å²) in [7, 11) is 0. The third kappa shape index (κ3) is 2.77. The summed E-state index contributed by atoms with van der Waals surface area (Å²) < 4.78 is 5.62. The Morgan fingerprint density at radius 3 is 2.76 bits per heavy atom. The van der Waals surface area contributed by atoms with E-state index in [1.807, 2.05) is 42.5 Å². The number of Topliss-reactive ketones (excluding diaryl/α,β-unsaturated/α-hetero) is 1. The second kappa shape index (κ2) is 5.60. The van der Waals surface area contributed by atoms with E-state index < -0.39 is 0 Å². The molecule has 0 radical (unpaired) electrons. The summed E-state index contributed by atoms with van der Waals surface area (Å²) in [5.74, 6) is 1.08. The number of hydrogen-bond acceptors (Lipinski definition) is 3. The van der Waals surface area contributed by atoms with Crippen LogP contribution >= 0.6 is 0 Å². The minimum Gasteiger partial charge on any atom is -0.492 e. The number of fused-ring (bicyclic) bond motifs is 1. The maximum Gasteiger partial charge on any atom is 0.167 e. The van der Waals surface area contributed by atoms with Crippen LogP contribution in [0.1, 0.15) is 40.7 Å². The van der Waals surface area contributed by atoms with Gasteiger partial charge in [0.2, 0.25) is 0 Å². The van der Waals surface area contributed by atoms with E-state index in [0.717, 1.165) is 29.0 Å². The summed E-state index contributed by atoms with van der Waals surface area (Å²) in [5, 5.41) is 0. The molecule has 3 rings (SSSR count). The van der Waals surface area contributed by atoms with Gasteiger partial charge in [-0.25, -0.2) is 0 Å². The lowest BCUT2D eigenvalue weighted by atomic mass is 9.92. The van der Waals surface area contributed by atoms with Crippen molar-refractivity contribution in [1.82, 2.24) is 0 Å². The lowest BCUT2D eigenvalue weighted by Crippen LogP contribution is -2.07. The molecule has 1 unspecified atom stereocenters. The van der Waals surface area contributed by atoms with Gasteiger partial charge in [-0.05, 0) is 35.2 Å². The normalized spacial score (nSPS) is 14.3. The van der Waals surface area contributed by atoms with Crippen LogP contribution in [0.15, 0.2) is 42.5 Å². The summed E-state index contributed by atoms with van der Waals surface area (Å²) in [5.41, 5.74) is 9.42. The molecule has 1 aliphatic heterocycles. The minimum absolute atomic E-state index is 0.137. The van der Waals surface area contributed by atoms with E-state index in [2.05, 4.69) is 6.92 Å². The van der Waals surface area contributed by atoms with Crippen molar-refractivity contribution in [2.75, 3.05) is 12.3 Å². The zero-order valence-electron chi connectivity index (χ0n) is 12.1. The van der Waals surface area contributed by atoms with E-state index in [4.69, 9.17) is 10.5 Å². The van der Waals surface area contributed by atoms with Crippen LogP contribution in [-0.2, 0) is 6.42 Å². The van der Waals surface area contributed by atoms with Crippen LogP contribution in [0.3, 0.4) is 0 Å². The van der Waals surface area contributed by atoms with Gasteiger partial charge in [-0.15, -0.1) is 0 Å². The highest BCUT2D eigenvalue weighted by Gasteiger charge is 2.21. The Morgan fingerprint density at radius 1 is 1.24 bits per heavy atom. The first kappa shape index (κ1) is 13.7. The van der Waals surface area contributed by atoms with Gasteiger partial charge in [0.05, 0.1) is 12.2 Å². The molecular weight excluding hydrogens is 262 g/mol. The molecule has 0 bridgehead atoms. The third-order valence-electron chi connectivity index (χ3n) is 4.01. The maximum atomic E-state index is 12.6. The summed E-state index contributed by atoms with van der Waals surface area (Å²) in [6.45, 7) is 2.74. The van der Waals surface area contributed by atoms with E-state index in [-0.39, 0.29) is 11.7 Å². The number of ketones is 1. The molecule has 3 heteroatoms. The van der Waals surface area contributed by atoms with Crippen LogP contribution in [0.4, 0.5) is 5.69 Å². The maximum absolute atomic E-state index is 12.6. The smallest absolute Gasteiger partial charge is 0.167 e. The number of nitrogens with two attached hydrogens (primary N) is 1. The van der Waals surface area contributed by atoms with Crippen molar-refractivity contribution in [2.45, 2.75) is 25.7 Å². The molecule has 108 valence electrons. The Bertz CT molecular complexity index is 661. The fourth-order valence-electron chi connectivity index (χ4n) is 2.77. The average Bonchev–Trinajstić information content (AvgIpc) is 2.96. The molecule has 1 atom stereocenters. The molecule has 0 saturated carbocycles. The van der Waals surface area contributed by atoms with Crippen molar-refractivity contribution in [3.8, 4) is 5.75 Å². The standard InChI is InChI=1S/C18H19NO2/c1-12(13-5-7-15(19)8-6-13)11-17(20)16-4-2-3-14-9-10-21-18(14)16/h2-8,12H,9-11,19H2,1H3. The molecule has 3 nitrogen and oxygen atoms in total. The molecule has 0 aromatic heterocycles. The van der Waals surface area contributed by atoms with Gasteiger partial charge in [-0.2, -0.15) is 0 Å². The summed E-state index contributed by atoms with van der Waals surface area (Å²) in [6, 6.07) is 13.6. The molecule has 0 fully saturated rings. The topological polar surface area (TPSA) is 52.3 Å². The van der Waals surface area contributed by atoms with Crippen molar-refractivity contribution in [3.05, 3.63) is 59.2 Å². The number of rotatable bonds is 4. The first-order valence-electron chi connectivity index (χ1n) is 7.28. The van der Waals surface area contributed by atoms with E-state index in [9.17, 15) is 4.79 Å². The molecule has 2 N–H and O–H groups in total. The predicted octanol–water partition coefficient (Wildman–Crippen LogP) is 3.58. The molecule has 21 heavy (non-hydrogen) atoms. The Hall–Kier alpha value is -2.29. The van der Waals surface area contributed by atoms with Gasteiger partial charge in [0.1, 0.15) is 5.75 Å². The molecule has 0 aliphatic carbocycles. The largest absolute Gasteiger partial charge is 0.492 e. The van der Waals surface area contributed by atoms with Crippen LogP contribution in [0, 0.1) is 0 Å². The number of ether oxygens (including phenoxy) is 1. The second-order valence-corrected chi connectivity index (χ2v) is 5.59. The number of anilines is 1. The van der Waals surface area contributed by atoms with Crippen LogP contribution in [0.25, 0.3) is 0 Å². The SMILES string of the molecule is CC(CC(=O)c1cccc2c1OCC2)c1ccc(N)cc1. The quantitative estimate of drug-likeness (QED) is 0.688. The van der Waals surface area contributed by atoms with Crippen LogP contribution in [-0.4, -0.2) is 12.4 Å². The number of hydrogen-bond donors (Lipinski definition) is 1. The number of benzene rings is 2. The average molecular weight is 281 g/mol. The predicted molar refractivity (Wildman–Crippen MR) is 83.9 cm³/mol. The Morgan fingerprint density at radius 2 is 2.00 bits per heavy atom. The number of para-hydroxylation sites is 1. The molecule has 2 aromatic rings. The molecule has 0 saturated heterocycles. The van der Waals surface area contributed by atoms with Crippen molar-refractivity contribution >= 4 is 11.5 Å². The lowest BCUT2D eigenvalue weighted by Gasteiger charge is -2.13. The van der Waals surface area contributed by atoms with Gasteiger partial charge in [0, 0.05) is 18.5 Å². The van der Waals surface area contributed by atoms with E-state index in [0.29, 0.717) is 18.6 Å². The molecule has 1 heterocycles. The molecule has 1 aliphatic rings. The fourth-order valence-corrected chi connectivity index (χ4v) is 2.77. The van der Waals surface area contributed by atoms with E-state index in [1.165, 1.54) is 0 Å². The first-order valence-corrected chi connectivity index (χ1v) is 7.28. The number of carbonyl (C=O) groups is 1.